The van der Waals surface area contributed by atoms with E-state index in [1.807, 2.05) is 6.07 Å². The number of nitrogens with one attached hydrogen (secondary N) is 2. The maximum absolute atomic E-state index is 13.3. The molecule has 0 saturated heterocycles. The van der Waals surface area contributed by atoms with Gasteiger partial charge in [0.25, 0.3) is 5.91 Å². The van der Waals surface area contributed by atoms with Gasteiger partial charge < -0.3 is 10.1 Å². The lowest BCUT2D eigenvalue weighted by molar-refractivity contribution is 0.101. The van der Waals surface area contributed by atoms with E-state index in [4.69, 9.17) is 14.7 Å². The molecule has 1 aromatic carbocycles. The molecule has 1 amide bonds. The van der Waals surface area contributed by atoms with Crippen LogP contribution in [0, 0.1) is 16.1 Å². The standard InChI is InChI=1S/C20H22N6O3S/c21-10-12-9-15(11-5-6-11)16(14-4-1-3-13(12)14)24-19(27)17-18(30(22,23)28)20-26(25-17)7-2-8-29-20/h9,11H,1-8H2,(H,24,27)(H3,22,23,28). The number of nitriles is 1. The van der Waals surface area contributed by atoms with E-state index in [1.165, 1.54) is 4.68 Å². The third kappa shape index (κ3) is 3.05. The first-order chi connectivity index (χ1) is 14.4. The second kappa shape index (κ2) is 6.82. The molecule has 1 saturated carbocycles. The van der Waals surface area contributed by atoms with E-state index in [0.717, 1.165) is 54.5 Å². The predicted octanol–water partition coefficient (Wildman–Crippen LogP) is 2.44. The van der Waals surface area contributed by atoms with Crippen molar-refractivity contribution in [1.29, 1.82) is 10.0 Å². The van der Waals surface area contributed by atoms with E-state index in [-0.39, 0.29) is 16.5 Å². The maximum Gasteiger partial charge on any atom is 0.277 e. The number of amides is 1. The topological polar surface area (TPSA) is 147 Å². The molecule has 0 bridgehead atoms. The molecule has 2 heterocycles. The van der Waals surface area contributed by atoms with Gasteiger partial charge in [0, 0.05) is 18.7 Å². The molecule has 30 heavy (non-hydrogen) atoms. The number of rotatable bonds is 4. The lowest BCUT2D eigenvalue weighted by Gasteiger charge is -2.17. The molecule has 2 aliphatic carbocycles. The summed E-state index contributed by atoms with van der Waals surface area (Å²) in [4.78, 5) is 13.1. The van der Waals surface area contributed by atoms with Gasteiger partial charge in [-0.15, -0.1) is 0 Å². The van der Waals surface area contributed by atoms with E-state index in [2.05, 4.69) is 16.5 Å². The molecule has 3 aliphatic rings. The first-order valence-corrected chi connectivity index (χ1v) is 11.7. The monoisotopic (exact) mass is 426 g/mol. The van der Waals surface area contributed by atoms with E-state index in [0.29, 0.717) is 31.1 Å². The zero-order valence-electron chi connectivity index (χ0n) is 16.4. The van der Waals surface area contributed by atoms with Crippen molar-refractivity contribution in [3.05, 3.63) is 34.0 Å². The van der Waals surface area contributed by atoms with E-state index >= 15 is 0 Å². The van der Waals surface area contributed by atoms with Crippen molar-refractivity contribution < 1.29 is 13.7 Å². The van der Waals surface area contributed by atoms with Gasteiger partial charge >= 0.3 is 0 Å². The Hall–Kier alpha value is -2.90. The maximum atomic E-state index is 13.3. The number of benzene rings is 1. The minimum Gasteiger partial charge on any atom is -0.477 e. The molecule has 1 fully saturated rings. The molecular weight excluding hydrogens is 404 g/mol. The molecule has 4 N–H and O–H groups in total. The SMILES string of the molecule is N#Cc1cc(C2CC2)c(NC(=O)c2nn3c(c2S(=N)(N)=O)OCCC3)c2c1CCC2. The van der Waals surface area contributed by atoms with Crippen LogP contribution in [0.1, 0.15) is 64.3 Å². The molecule has 10 heteroatoms. The molecule has 1 aromatic heterocycles. The summed E-state index contributed by atoms with van der Waals surface area (Å²) in [6.45, 7) is 0.898. The number of nitrogens with two attached hydrogens (primary N) is 1. The summed E-state index contributed by atoms with van der Waals surface area (Å²) in [5, 5.41) is 22.4. The largest absolute Gasteiger partial charge is 0.477 e. The Balaban J connectivity index is 1.60. The van der Waals surface area contributed by atoms with Crippen LogP contribution in [-0.4, -0.2) is 26.5 Å². The Bertz CT molecular complexity index is 1220. The van der Waals surface area contributed by atoms with Crippen LogP contribution in [0.4, 0.5) is 5.69 Å². The van der Waals surface area contributed by atoms with Crippen LogP contribution in [0.15, 0.2) is 11.0 Å². The quantitative estimate of drug-likeness (QED) is 0.687. The van der Waals surface area contributed by atoms with E-state index < -0.39 is 15.8 Å². The van der Waals surface area contributed by atoms with Crippen LogP contribution < -0.4 is 15.2 Å². The molecular formula is C20H22N6O3S. The third-order valence-electron chi connectivity index (χ3n) is 5.95. The van der Waals surface area contributed by atoms with Gasteiger partial charge in [-0.25, -0.2) is 18.8 Å². The fourth-order valence-electron chi connectivity index (χ4n) is 4.47. The average molecular weight is 427 g/mol. The van der Waals surface area contributed by atoms with Crippen LogP contribution in [-0.2, 0) is 29.3 Å². The van der Waals surface area contributed by atoms with E-state index in [9.17, 15) is 14.3 Å². The number of aromatic nitrogens is 2. The Morgan fingerprint density at radius 1 is 1.37 bits per heavy atom. The highest BCUT2D eigenvalue weighted by molar-refractivity contribution is 7.90. The van der Waals surface area contributed by atoms with Gasteiger partial charge in [-0.3, -0.25) is 4.79 Å². The molecule has 2 aromatic rings. The van der Waals surface area contributed by atoms with Gasteiger partial charge in [0.05, 0.1) is 18.2 Å². The smallest absolute Gasteiger partial charge is 0.277 e. The van der Waals surface area contributed by atoms with Crippen molar-refractivity contribution in [2.24, 2.45) is 5.14 Å². The summed E-state index contributed by atoms with van der Waals surface area (Å²) >= 11 is 0. The number of hydrogen-bond acceptors (Lipinski definition) is 6. The number of ether oxygens (including phenoxy) is 1. The third-order valence-corrected chi connectivity index (χ3v) is 6.92. The summed E-state index contributed by atoms with van der Waals surface area (Å²) in [6.07, 6.45) is 5.28. The number of carbonyl (C=O) groups is 1. The highest BCUT2D eigenvalue weighted by Gasteiger charge is 2.35. The molecule has 1 atom stereocenters. The van der Waals surface area contributed by atoms with Gasteiger partial charge in [0.1, 0.15) is 9.92 Å². The summed E-state index contributed by atoms with van der Waals surface area (Å²) in [7, 11) is -3.72. The minimum absolute atomic E-state index is 0.132. The highest BCUT2D eigenvalue weighted by atomic mass is 32.2. The number of anilines is 1. The number of nitrogens with zero attached hydrogens (tertiary/aromatic N) is 3. The molecule has 156 valence electrons. The van der Waals surface area contributed by atoms with Crippen molar-refractivity contribution in [2.75, 3.05) is 11.9 Å². The molecule has 9 nitrogen and oxygen atoms in total. The number of aryl methyl sites for hydroxylation is 1. The van der Waals surface area contributed by atoms with Crippen LogP contribution in [0.2, 0.25) is 0 Å². The molecule has 1 aliphatic heterocycles. The summed E-state index contributed by atoms with van der Waals surface area (Å²) in [5.41, 5.74) is 4.26. The van der Waals surface area contributed by atoms with Crippen LogP contribution in [0.5, 0.6) is 5.88 Å². The number of carbonyl (C=O) groups excluding carboxylic acids is 1. The van der Waals surface area contributed by atoms with Gasteiger partial charge in [-0.2, -0.15) is 10.4 Å². The molecule has 0 radical (unpaired) electrons. The van der Waals surface area contributed by atoms with Gasteiger partial charge in [0.15, 0.2) is 10.6 Å². The number of fused-ring (bicyclic) bond motifs is 2. The second-order valence-corrected chi connectivity index (χ2v) is 9.66. The average Bonchev–Trinajstić information content (AvgIpc) is 3.28. The summed E-state index contributed by atoms with van der Waals surface area (Å²) < 4.78 is 27.3. The fourth-order valence-corrected chi connectivity index (χ4v) is 5.31. The van der Waals surface area contributed by atoms with Crippen molar-refractivity contribution >= 4 is 21.5 Å². The van der Waals surface area contributed by atoms with Crippen molar-refractivity contribution in [3.8, 4) is 11.9 Å². The van der Waals surface area contributed by atoms with Crippen LogP contribution >= 0.6 is 0 Å². The zero-order chi connectivity index (χ0) is 21.0. The lowest BCUT2D eigenvalue weighted by atomic mass is 9.95. The Labute approximate surface area is 174 Å². The van der Waals surface area contributed by atoms with E-state index in [1.54, 1.807) is 0 Å². The zero-order valence-corrected chi connectivity index (χ0v) is 17.2. The lowest BCUT2D eigenvalue weighted by Crippen LogP contribution is -2.21. The normalized spacial score (nSPS) is 19.2. The van der Waals surface area contributed by atoms with Gasteiger partial charge in [-0.1, -0.05) is 0 Å². The van der Waals surface area contributed by atoms with Gasteiger partial charge in [0.2, 0.25) is 5.88 Å². The minimum atomic E-state index is -3.72. The van der Waals surface area contributed by atoms with Crippen molar-refractivity contribution in [1.82, 2.24) is 9.78 Å². The first-order valence-electron chi connectivity index (χ1n) is 10.1. The van der Waals surface area contributed by atoms with Crippen molar-refractivity contribution in [3.63, 3.8) is 0 Å². The number of hydrogen-bond donors (Lipinski definition) is 3. The summed E-state index contributed by atoms with van der Waals surface area (Å²) in [6, 6.07) is 4.20. The molecule has 0 spiro atoms. The van der Waals surface area contributed by atoms with Crippen LogP contribution in [0.25, 0.3) is 0 Å². The van der Waals surface area contributed by atoms with Crippen molar-refractivity contribution in [2.45, 2.75) is 55.9 Å². The molecule has 5 rings (SSSR count). The first kappa shape index (κ1) is 19.1. The Morgan fingerprint density at radius 3 is 2.83 bits per heavy atom. The van der Waals surface area contributed by atoms with Gasteiger partial charge in [-0.05, 0) is 60.8 Å². The second-order valence-electron chi connectivity index (χ2n) is 8.05. The fraction of sp³-hybridized carbons (Fsp3) is 0.450. The van der Waals surface area contributed by atoms with Crippen LogP contribution in [0.3, 0.4) is 0 Å². The molecule has 1 unspecified atom stereocenters. The Morgan fingerprint density at radius 2 is 2.13 bits per heavy atom. The predicted molar refractivity (Wildman–Crippen MR) is 109 cm³/mol. The Kier molecular flexibility index (Phi) is 4.34. The highest BCUT2D eigenvalue weighted by Crippen LogP contribution is 2.47. The summed E-state index contributed by atoms with van der Waals surface area (Å²) in [5.74, 6) is -0.0887.